The molecule has 0 aliphatic rings. The summed E-state index contributed by atoms with van der Waals surface area (Å²) < 4.78 is 1.51. The second-order valence-electron chi connectivity index (χ2n) is 4.03. The van der Waals surface area contributed by atoms with Crippen LogP contribution < -0.4 is 11.3 Å². The molecule has 1 heterocycles. The molecule has 0 spiro atoms. The van der Waals surface area contributed by atoms with Gasteiger partial charge in [-0.15, -0.1) is 0 Å². The molecule has 1 aromatic carbocycles. The molecule has 0 atom stereocenters. The first-order chi connectivity index (χ1) is 8.00. The van der Waals surface area contributed by atoms with Crippen molar-refractivity contribution in [2.75, 3.05) is 5.73 Å². The highest BCUT2D eigenvalue weighted by molar-refractivity contribution is 6.32. The predicted molar refractivity (Wildman–Crippen MR) is 70.9 cm³/mol. The fourth-order valence-corrected chi connectivity index (χ4v) is 1.96. The monoisotopic (exact) mass is 248 g/mol. The van der Waals surface area contributed by atoms with Gasteiger partial charge < -0.3 is 5.73 Å². The van der Waals surface area contributed by atoms with E-state index in [2.05, 4.69) is 0 Å². The Hall–Kier alpha value is -1.74. The maximum atomic E-state index is 12.0. The van der Waals surface area contributed by atoms with Crippen LogP contribution in [0.25, 0.3) is 5.69 Å². The van der Waals surface area contributed by atoms with E-state index >= 15 is 0 Å². The van der Waals surface area contributed by atoms with Gasteiger partial charge in [-0.2, -0.15) is 0 Å². The lowest BCUT2D eigenvalue weighted by Gasteiger charge is -2.11. The van der Waals surface area contributed by atoms with Gasteiger partial charge in [-0.1, -0.05) is 17.7 Å². The first kappa shape index (κ1) is 11.7. The van der Waals surface area contributed by atoms with Gasteiger partial charge in [0.2, 0.25) is 0 Å². The molecule has 17 heavy (non-hydrogen) atoms. The van der Waals surface area contributed by atoms with Crippen molar-refractivity contribution in [3.8, 4) is 5.69 Å². The second-order valence-corrected chi connectivity index (χ2v) is 4.43. The molecule has 0 amide bonds. The van der Waals surface area contributed by atoms with Gasteiger partial charge >= 0.3 is 0 Å². The van der Waals surface area contributed by atoms with Crippen LogP contribution in [0.1, 0.15) is 11.1 Å². The normalized spacial score (nSPS) is 10.5. The van der Waals surface area contributed by atoms with E-state index in [0.29, 0.717) is 22.0 Å². The van der Waals surface area contributed by atoms with E-state index < -0.39 is 0 Å². The molecule has 0 radical (unpaired) electrons. The van der Waals surface area contributed by atoms with E-state index in [9.17, 15) is 4.79 Å². The molecule has 0 saturated heterocycles. The molecule has 1 aromatic heterocycles. The first-order valence-electron chi connectivity index (χ1n) is 5.25. The Bertz CT molecular complexity index is 632. The van der Waals surface area contributed by atoms with E-state index in [0.717, 1.165) is 5.56 Å². The summed E-state index contributed by atoms with van der Waals surface area (Å²) in [5.74, 6) is 0. The van der Waals surface area contributed by atoms with Crippen LogP contribution in [0.3, 0.4) is 0 Å². The summed E-state index contributed by atoms with van der Waals surface area (Å²) in [4.78, 5) is 12.0. The van der Waals surface area contributed by atoms with Gasteiger partial charge in [0.05, 0.1) is 10.7 Å². The Kier molecular flexibility index (Phi) is 2.94. The molecule has 0 saturated carbocycles. The lowest BCUT2D eigenvalue weighted by Crippen LogP contribution is -2.19. The molecule has 88 valence electrons. The average Bonchev–Trinajstić information content (AvgIpc) is 2.28. The predicted octanol–water partition coefficient (Wildman–Crippen LogP) is 2.69. The standard InChI is InChI=1S/C13H13ClN2O/c1-8-4-3-5-16(13(8)17)12-7-11(15)9(2)6-10(12)14/h3-7H,15H2,1-2H3. The van der Waals surface area contributed by atoms with Crippen LogP contribution in [0, 0.1) is 13.8 Å². The van der Waals surface area contributed by atoms with Gasteiger partial charge in [0.15, 0.2) is 0 Å². The summed E-state index contributed by atoms with van der Waals surface area (Å²) in [6, 6.07) is 7.06. The van der Waals surface area contributed by atoms with Crippen LogP contribution in [-0.2, 0) is 0 Å². The summed E-state index contributed by atoms with van der Waals surface area (Å²) in [6.45, 7) is 3.65. The zero-order valence-electron chi connectivity index (χ0n) is 9.70. The number of rotatable bonds is 1. The largest absolute Gasteiger partial charge is 0.398 e. The Morgan fingerprint density at radius 3 is 2.65 bits per heavy atom. The number of aryl methyl sites for hydroxylation is 2. The third-order valence-electron chi connectivity index (χ3n) is 2.73. The first-order valence-corrected chi connectivity index (χ1v) is 5.63. The van der Waals surface area contributed by atoms with E-state index in [1.807, 2.05) is 13.0 Å². The van der Waals surface area contributed by atoms with Crippen LogP contribution in [0.15, 0.2) is 35.3 Å². The van der Waals surface area contributed by atoms with Crippen LogP contribution in [0.4, 0.5) is 5.69 Å². The minimum atomic E-state index is -0.0855. The van der Waals surface area contributed by atoms with Crippen molar-refractivity contribution in [1.82, 2.24) is 4.57 Å². The molecule has 3 nitrogen and oxygen atoms in total. The number of aromatic nitrogens is 1. The van der Waals surface area contributed by atoms with Crippen LogP contribution in [0.5, 0.6) is 0 Å². The Labute approximate surface area is 104 Å². The molecule has 4 heteroatoms. The smallest absolute Gasteiger partial charge is 0.258 e. The highest BCUT2D eigenvalue weighted by atomic mass is 35.5. The summed E-state index contributed by atoms with van der Waals surface area (Å²) in [7, 11) is 0. The summed E-state index contributed by atoms with van der Waals surface area (Å²) >= 11 is 6.15. The maximum absolute atomic E-state index is 12.0. The third kappa shape index (κ3) is 2.06. The number of anilines is 1. The molecule has 0 aliphatic heterocycles. The minimum absolute atomic E-state index is 0.0855. The molecule has 2 N–H and O–H groups in total. The summed E-state index contributed by atoms with van der Waals surface area (Å²) in [5, 5.41) is 0.518. The molecular formula is C13H13ClN2O. The Balaban J connectivity index is 2.73. The molecule has 0 bridgehead atoms. The van der Waals surface area contributed by atoms with E-state index in [4.69, 9.17) is 17.3 Å². The molecular weight excluding hydrogens is 236 g/mol. The Morgan fingerprint density at radius 2 is 1.94 bits per heavy atom. The summed E-state index contributed by atoms with van der Waals surface area (Å²) in [6.07, 6.45) is 1.69. The van der Waals surface area contributed by atoms with Crippen molar-refractivity contribution in [3.05, 3.63) is 57.0 Å². The minimum Gasteiger partial charge on any atom is -0.398 e. The number of hydrogen-bond acceptors (Lipinski definition) is 2. The number of benzene rings is 1. The van der Waals surface area contributed by atoms with Crippen molar-refractivity contribution < 1.29 is 0 Å². The number of pyridine rings is 1. The van der Waals surface area contributed by atoms with Gasteiger partial charge in [0.1, 0.15) is 0 Å². The van der Waals surface area contributed by atoms with E-state index in [-0.39, 0.29) is 5.56 Å². The number of nitrogens with two attached hydrogens (primary N) is 1. The molecule has 2 rings (SSSR count). The number of hydrogen-bond donors (Lipinski definition) is 1. The average molecular weight is 249 g/mol. The van der Waals surface area contributed by atoms with Gasteiger partial charge in [-0.25, -0.2) is 0 Å². The molecule has 0 fully saturated rings. The van der Waals surface area contributed by atoms with Crippen molar-refractivity contribution >= 4 is 17.3 Å². The highest BCUT2D eigenvalue weighted by Gasteiger charge is 2.08. The van der Waals surface area contributed by atoms with Gasteiger partial charge in [0, 0.05) is 17.4 Å². The number of nitrogens with zero attached hydrogens (tertiary/aromatic N) is 1. The van der Waals surface area contributed by atoms with Crippen molar-refractivity contribution in [2.45, 2.75) is 13.8 Å². The number of halogens is 1. The third-order valence-corrected chi connectivity index (χ3v) is 3.04. The molecule has 2 aromatic rings. The fraction of sp³-hybridized carbons (Fsp3) is 0.154. The lowest BCUT2D eigenvalue weighted by atomic mass is 10.2. The zero-order chi connectivity index (χ0) is 12.6. The maximum Gasteiger partial charge on any atom is 0.258 e. The van der Waals surface area contributed by atoms with Gasteiger partial charge in [-0.05, 0) is 37.6 Å². The van der Waals surface area contributed by atoms with Crippen molar-refractivity contribution in [1.29, 1.82) is 0 Å². The van der Waals surface area contributed by atoms with Crippen LogP contribution >= 0.6 is 11.6 Å². The Morgan fingerprint density at radius 1 is 1.24 bits per heavy atom. The quantitative estimate of drug-likeness (QED) is 0.789. The molecule has 0 aliphatic carbocycles. The fourth-order valence-electron chi connectivity index (χ4n) is 1.65. The van der Waals surface area contributed by atoms with E-state index in [1.54, 1.807) is 31.3 Å². The van der Waals surface area contributed by atoms with Crippen molar-refractivity contribution in [2.24, 2.45) is 0 Å². The lowest BCUT2D eigenvalue weighted by molar-refractivity contribution is 0.970. The SMILES string of the molecule is Cc1cc(Cl)c(-n2cccc(C)c2=O)cc1N. The zero-order valence-corrected chi connectivity index (χ0v) is 10.5. The van der Waals surface area contributed by atoms with Gasteiger partial charge in [0.25, 0.3) is 5.56 Å². The van der Waals surface area contributed by atoms with E-state index in [1.165, 1.54) is 4.57 Å². The van der Waals surface area contributed by atoms with Crippen LogP contribution in [-0.4, -0.2) is 4.57 Å². The summed E-state index contributed by atoms with van der Waals surface area (Å²) in [5.41, 5.74) is 8.56. The topological polar surface area (TPSA) is 48.0 Å². The second kappa shape index (κ2) is 4.26. The van der Waals surface area contributed by atoms with Gasteiger partial charge in [-0.3, -0.25) is 9.36 Å². The molecule has 0 unspecified atom stereocenters. The number of nitrogen functional groups attached to an aromatic ring is 1. The van der Waals surface area contributed by atoms with Crippen molar-refractivity contribution in [3.63, 3.8) is 0 Å². The van der Waals surface area contributed by atoms with Crippen LogP contribution in [0.2, 0.25) is 5.02 Å². The highest BCUT2D eigenvalue weighted by Crippen LogP contribution is 2.25.